The lowest BCUT2D eigenvalue weighted by Crippen LogP contribution is -2.48. The van der Waals surface area contributed by atoms with Crippen LogP contribution in [0.2, 0.25) is 0 Å². The van der Waals surface area contributed by atoms with E-state index >= 15 is 0 Å². The summed E-state index contributed by atoms with van der Waals surface area (Å²) in [5, 5.41) is 3.04. The van der Waals surface area contributed by atoms with Gasteiger partial charge in [-0.25, -0.2) is 4.39 Å². The first-order valence-electron chi connectivity index (χ1n) is 11.0. The molecule has 3 aromatic rings. The lowest BCUT2D eigenvalue weighted by Gasteiger charge is -2.42. The van der Waals surface area contributed by atoms with Crippen LogP contribution in [-0.2, 0) is 11.3 Å². The second-order valence-electron chi connectivity index (χ2n) is 8.71. The van der Waals surface area contributed by atoms with Crippen LogP contribution in [0.15, 0.2) is 72.8 Å². The number of hydrogen-bond acceptors (Lipinski definition) is 2. The van der Waals surface area contributed by atoms with E-state index in [4.69, 9.17) is 0 Å². The highest BCUT2D eigenvalue weighted by molar-refractivity contribution is 6.01. The number of carbonyl (C=O) groups excluding carboxylic acids is 2. The fourth-order valence-corrected chi connectivity index (χ4v) is 4.70. The van der Waals surface area contributed by atoms with Crippen LogP contribution >= 0.6 is 0 Å². The Kier molecular flexibility index (Phi) is 5.25. The molecule has 0 saturated heterocycles. The average Bonchev–Trinajstić information content (AvgIpc) is 3.63. The van der Waals surface area contributed by atoms with E-state index in [0.29, 0.717) is 12.1 Å². The molecule has 2 amide bonds. The quantitative estimate of drug-likeness (QED) is 0.629. The minimum absolute atomic E-state index is 0.00260. The van der Waals surface area contributed by atoms with E-state index in [1.165, 1.54) is 12.1 Å². The molecule has 5 rings (SSSR count). The molecule has 0 bridgehead atoms. The fourth-order valence-electron chi connectivity index (χ4n) is 4.70. The molecule has 1 aliphatic heterocycles. The summed E-state index contributed by atoms with van der Waals surface area (Å²) in [4.78, 5) is 29.1. The van der Waals surface area contributed by atoms with Gasteiger partial charge in [-0.05, 0) is 54.7 Å². The van der Waals surface area contributed by atoms with Gasteiger partial charge in [-0.15, -0.1) is 0 Å². The molecule has 1 aliphatic carbocycles. The predicted octanol–water partition coefficient (Wildman–Crippen LogP) is 4.89. The summed E-state index contributed by atoms with van der Waals surface area (Å²) in [5.74, 6) is -0.963. The minimum Gasteiger partial charge on any atom is -0.351 e. The highest BCUT2D eigenvalue weighted by Crippen LogP contribution is 2.47. The van der Waals surface area contributed by atoms with Gasteiger partial charge in [0.1, 0.15) is 5.82 Å². The number of nitrogens with one attached hydrogen (secondary N) is 1. The molecule has 0 unspecified atom stereocenters. The van der Waals surface area contributed by atoms with Gasteiger partial charge in [-0.2, -0.15) is 0 Å². The second-order valence-corrected chi connectivity index (χ2v) is 8.71. The molecule has 162 valence electrons. The molecular weight excluding hydrogens is 403 g/mol. The number of amides is 2. The Hall–Kier alpha value is -3.47. The zero-order valence-corrected chi connectivity index (χ0v) is 17.9. The zero-order valence-electron chi connectivity index (χ0n) is 17.9. The van der Waals surface area contributed by atoms with E-state index in [0.717, 1.165) is 35.1 Å². The van der Waals surface area contributed by atoms with Gasteiger partial charge in [0.25, 0.3) is 5.91 Å². The van der Waals surface area contributed by atoms with E-state index in [9.17, 15) is 14.0 Å². The number of aryl methyl sites for hydroxylation is 1. The molecule has 0 aromatic heterocycles. The number of fused-ring (bicyclic) bond motifs is 1. The summed E-state index contributed by atoms with van der Waals surface area (Å²) in [6, 6.07) is 21.4. The topological polar surface area (TPSA) is 49.4 Å². The van der Waals surface area contributed by atoms with Crippen LogP contribution in [0.3, 0.4) is 0 Å². The number of benzene rings is 3. The third-order valence-corrected chi connectivity index (χ3v) is 6.36. The highest BCUT2D eigenvalue weighted by Gasteiger charge is 2.48. The monoisotopic (exact) mass is 428 g/mol. The van der Waals surface area contributed by atoms with Crippen molar-refractivity contribution in [3.8, 4) is 0 Å². The fraction of sp³-hybridized carbons (Fsp3) is 0.259. The van der Waals surface area contributed by atoms with Crippen molar-refractivity contribution >= 4 is 11.8 Å². The number of nitrogens with zero attached hydrogens (tertiary/aromatic N) is 1. The molecule has 1 fully saturated rings. The van der Waals surface area contributed by atoms with Crippen LogP contribution in [0.25, 0.3) is 0 Å². The second kappa shape index (κ2) is 8.23. The van der Waals surface area contributed by atoms with E-state index < -0.39 is 5.92 Å². The Morgan fingerprint density at radius 3 is 2.50 bits per heavy atom. The summed E-state index contributed by atoms with van der Waals surface area (Å²) >= 11 is 0. The van der Waals surface area contributed by atoms with Gasteiger partial charge in [0.2, 0.25) is 5.91 Å². The van der Waals surface area contributed by atoms with Crippen LogP contribution in [0, 0.1) is 12.7 Å². The van der Waals surface area contributed by atoms with Gasteiger partial charge in [-0.3, -0.25) is 9.59 Å². The molecule has 1 heterocycles. The van der Waals surface area contributed by atoms with Crippen molar-refractivity contribution in [2.75, 3.05) is 0 Å². The van der Waals surface area contributed by atoms with Crippen molar-refractivity contribution in [3.63, 3.8) is 0 Å². The van der Waals surface area contributed by atoms with Crippen LogP contribution in [0.4, 0.5) is 4.39 Å². The molecule has 2 atom stereocenters. The lowest BCUT2D eigenvalue weighted by atomic mass is 9.78. The van der Waals surface area contributed by atoms with Crippen molar-refractivity contribution in [3.05, 3.63) is 106 Å². The largest absolute Gasteiger partial charge is 0.351 e. The first kappa shape index (κ1) is 20.4. The molecule has 3 aromatic carbocycles. The lowest BCUT2D eigenvalue weighted by molar-refractivity contribution is -0.124. The maximum atomic E-state index is 13.6. The Bertz CT molecular complexity index is 1170. The van der Waals surface area contributed by atoms with Gasteiger partial charge < -0.3 is 10.2 Å². The van der Waals surface area contributed by atoms with Crippen molar-refractivity contribution < 1.29 is 14.0 Å². The molecule has 0 spiro atoms. The third-order valence-electron chi connectivity index (χ3n) is 6.36. The van der Waals surface area contributed by atoms with Crippen LogP contribution in [-0.4, -0.2) is 22.8 Å². The maximum absolute atomic E-state index is 13.6. The summed E-state index contributed by atoms with van der Waals surface area (Å²) in [5.41, 5.74) is 4.26. The van der Waals surface area contributed by atoms with Crippen molar-refractivity contribution in [1.29, 1.82) is 0 Å². The van der Waals surface area contributed by atoms with Gasteiger partial charge in [0.15, 0.2) is 0 Å². The Balaban J connectivity index is 1.55. The highest BCUT2D eigenvalue weighted by atomic mass is 19.1. The molecule has 5 heteroatoms. The summed E-state index contributed by atoms with van der Waals surface area (Å²) in [7, 11) is 0. The molecule has 1 N–H and O–H groups in total. The van der Waals surface area contributed by atoms with E-state index in [2.05, 4.69) is 11.4 Å². The predicted molar refractivity (Wildman–Crippen MR) is 121 cm³/mol. The third kappa shape index (κ3) is 3.79. The zero-order chi connectivity index (χ0) is 22.2. The first-order valence-corrected chi connectivity index (χ1v) is 11.0. The Morgan fingerprint density at radius 2 is 1.78 bits per heavy atom. The number of halogens is 1. The van der Waals surface area contributed by atoms with Crippen molar-refractivity contribution in [1.82, 2.24) is 10.2 Å². The molecule has 4 nitrogen and oxygen atoms in total. The van der Waals surface area contributed by atoms with E-state index in [-0.39, 0.29) is 29.7 Å². The summed E-state index contributed by atoms with van der Waals surface area (Å²) in [6.45, 7) is 2.32. The number of carbonyl (C=O) groups is 2. The summed E-state index contributed by atoms with van der Waals surface area (Å²) in [6.07, 6.45) is 1.92. The SMILES string of the molecule is Cc1cccc([C@H]2[C@H](C(=O)NCc3ccc(F)cc3)c3ccccc3C(=O)N2C2CC2)c1. The van der Waals surface area contributed by atoms with Crippen molar-refractivity contribution in [2.24, 2.45) is 0 Å². The molecule has 2 aliphatic rings. The smallest absolute Gasteiger partial charge is 0.254 e. The Morgan fingerprint density at radius 1 is 1.03 bits per heavy atom. The molecule has 32 heavy (non-hydrogen) atoms. The standard InChI is InChI=1S/C27H25FN2O2/c1-17-5-4-6-19(15-17)25-24(26(31)29-16-18-9-11-20(28)12-10-18)22-7-2-3-8-23(22)27(32)30(25)21-13-14-21/h2-12,15,21,24-25H,13-14,16H2,1H3,(H,29,31)/t24-,25+/m1/s1. The molecule has 1 saturated carbocycles. The van der Waals surface area contributed by atoms with Crippen LogP contribution in [0.5, 0.6) is 0 Å². The Labute approximate surface area is 187 Å². The van der Waals surface area contributed by atoms with Gasteiger partial charge in [0, 0.05) is 18.2 Å². The van der Waals surface area contributed by atoms with E-state index in [1.807, 2.05) is 54.3 Å². The maximum Gasteiger partial charge on any atom is 0.254 e. The van der Waals surface area contributed by atoms with Crippen molar-refractivity contribution in [2.45, 2.75) is 44.3 Å². The minimum atomic E-state index is -0.522. The van der Waals surface area contributed by atoms with Gasteiger partial charge >= 0.3 is 0 Å². The number of rotatable bonds is 5. The first-order chi connectivity index (χ1) is 15.5. The molecular formula is C27H25FN2O2. The average molecular weight is 429 g/mol. The van der Waals surface area contributed by atoms with Gasteiger partial charge in [0.05, 0.1) is 12.0 Å². The summed E-state index contributed by atoms with van der Waals surface area (Å²) < 4.78 is 13.2. The van der Waals surface area contributed by atoms with Crippen LogP contribution < -0.4 is 5.32 Å². The molecule has 0 radical (unpaired) electrons. The van der Waals surface area contributed by atoms with Gasteiger partial charge in [-0.1, -0.05) is 60.2 Å². The van der Waals surface area contributed by atoms with E-state index in [1.54, 1.807) is 12.1 Å². The number of hydrogen-bond donors (Lipinski definition) is 1. The normalized spacial score (nSPS) is 20.1. The van der Waals surface area contributed by atoms with Crippen LogP contribution in [0.1, 0.15) is 57.4 Å².